The second-order valence-corrected chi connectivity index (χ2v) is 8.57. The maximum atomic E-state index is 12.7. The SMILES string of the molecule is CC1CCN(Cc2csc(NC(=O)C(C)c3ccc4c(c3)OCCO4)n2)CC1. The van der Waals surface area contributed by atoms with Gasteiger partial charge in [-0.05, 0) is 56.5 Å². The number of likely N-dealkylation sites (tertiary alicyclic amines) is 1. The molecule has 2 aliphatic rings. The van der Waals surface area contributed by atoms with Gasteiger partial charge in [-0.15, -0.1) is 11.3 Å². The number of ether oxygens (including phenoxy) is 2. The van der Waals surface area contributed by atoms with Gasteiger partial charge in [0.25, 0.3) is 0 Å². The van der Waals surface area contributed by atoms with Crippen LogP contribution in [0.5, 0.6) is 11.5 Å². The van der Waals surface area contributed by atoms with Crippen molar-refractivity contribution in [3.05, 3.63) is 34.8 Å². The summed E-state index contributed by atoms with van der Waals surface area (Å²) in [4.78, 5) is 19.7. The Hall–Kier alpha value is -2.12. The minimum Gasteiger partial charge on any atom is -0.486 e. The third-order valence-electron chi connectivity index (χ3n) is 5.50. The van der Waals surface area contributed by atoms with E-state index in [2.05, 4.69) is 22.1 Å². The summed E-state index contributed by atoms with van der Waals surface area (Å²) < 4.78 is 11.2. The number of nitrogens with zero attached hydrogens (tertiary/aromatic N) is 2. The zero-order valence-corrected chi connectivity index (χ0v) is 17.3. The fourth-order valence-corrected chi connectivity index (χ4v) is 4.28. The van der Waals surface area contributed by atoms with E-state index in [1.807, 2.05) is 30.5 Å². The minimum absolute atomic E-state index is 0.0654. The molecule has 1 aromatic carbocycles. The van der Waals surface area contributed by atoms with E-state index < -0.39 is 0 Å². The number of aromatic nitrogens is 1. The Kier molecular flexibility index (Phi) is 5.82. The maximum absolute atomic E-state index is 12.7. The van der Waals surface area contributed by atoms with Crippen molar-refractivity contribution >= 4 is 22.4 Å². The Labute approximate surface area is 169 Å². The summed E-state index contributed by atoms with van der Waals surface area (Å²) in [6.45, 7) is 8.42. The van der Waals surface area contributed by atoms with E-state index in [0.29, 0.717) is 24.1 Å². The zero-order valence-electron chi connectivity index (χ0n) is 16.4. The quantitative estimate of drug-likeness (QED) is 0.824. The number of anilines is 1. The number of piperidine rings is 1. The number of hydrogen-bond donors (Lipinski definition) is 1. The molecule has 0 aliphatic carbocycles. The highest BCUT2D eigenvalue weighted by atomic mass is 32.1. The van der Waals surface area contributed by atoms with E-state index in [-0.39, 0.29) is 11.8 Å². The van der Waals surface area contributed by atoms with Crippen molar-refractivity contribution in [1.82, 2.24) is 9.88 Å². The summed E-state index contributed by atoms with van der Waals surface area (Å²) in [7, 11) is 0. The van der Waals surface area contributed by atoms with Crippen LogP contribution >= 0.6 is 11.3 Å². The third-order valence-corrected chi connectivity index (χ3v) is 6.31. The van der Waals surface area contributed by atoms with Crippen LogP contribution in [0.1, 0.15) is 43.9 Å². The lowest BCUT2D eigenvalue weighted by molar-refractivity contribution is -0.117. The number of nitrogens with one attached hydrogen (secondary N) is 1. The average molecular weight is 402 g/mol. The molecule has 1 N–H and O–H groups in total. The van der Waals surface area contributed by atoms with Crippen molar-refractivity contribution in [2.24, 2.45) is 5.92 Å². The summed E-state index contributed by atoms with van der Waals surface area (Å²) in [5.74, 6) is 1.90. The third kappa shape index (κ3) is 4.47. The van der Waals surface area contributed by atoms with Gasteiger partial charge in [0.15, 0.2) is 16.6 Å². The zero-order chi connectivity index (χ0) is 19.5. The molecule has 1 fully saturated rings. The lowest BCUT2D eigenvalue weighted by Crippen LogP contribution is -2.32. The lowest BCUT2D eigenvalue weighted by atomic mass is 9.99. The van der Waals surface area contributed by atoms with E-state index in [0.717, 1.165) is 42.6 Å². The van der Waals surface area contributed by atoms with Crippen LogP contribution in [0.3, 0.4) is 0 Å². The molecule has 7 heteroatoms. The summed E-state index contributed by atoms with van der Waals surface area (Å²) in [6.07, 6.45) is 2.50. The fraction of sp³-hybridized carbons (Fsp3) is 0.524. The molecule has 0 radical (unpaired) electrons. The standard InChI is InChI=1S/C21H27N3O3S/c1-14-5-7-24(8-6-14)12-17-13-28-21(22-17)23-20(25)15(2)16-3-4-18-19(11-16)27-10-9-26-18/h3-4,11,13-15H,5-10,12H2,1-2H3,(H,22,23,25). The molecule has 2 aromatic rings. The molecular formula is C21H27N3O3S. The molecule has 1 aromatic heterocycles. The molecule has 2 aliphatic heterocycles. The first kappa shape index (κ1) is 19.2. The maximum Gasteiger partial charge on any atom is 0.233 e. The monoisotopic (exact) mass is 401 g/mol. The van der Waals surface area contributed by atoms with Crippen molar-refractivity contribution in [1.29, 1.82) is 0 Å². The van der Waals surface area contributed by atoms with Gasteiger partial charge in [0.05, 0.1) is 11.6 Å². The van der Waals surface area contributed by atoms with Gasteiger partial charge in [0.1, 0.15) is 13.2 Å². The highest BCUT2D eigenvalue weighted by Crippen LogP contribution is 2.33. The molecule has 1 amide bonds. The van der Waals surface area contributed by atoms with Crippen LogP contribution < -0.4 is 14.8 Å². The van der Waals surface area contributed by atoms with Crippen LogP contribution in [-0.2, 0) is 11.3 Å². The van der Waals surface area contributed by atoms with Gasteiger partial charge in [-0.1, -0.05) is 13.0 Å². The first-order valence-corrected chi connectivity index (χ1v) is 10.8. The summed E-state index contributed by atoms with van der Waals surface area (Å²) >= 11 is 1.49. The first-order valence-electron chi connectivity index (χ1n) is 9.95. The Balaban J connectivity index is 1.35. The Bertz CT molecular complexity index is 830. The Morgan fingerprint density at radius 3 is 2.82 bits per heavy atom. The van der Waals surface area contributed by atoms with Gasteiger partial charge in [-0.3, -0.25) is 9.69 Å². The predicted octanol–water partition coefficient (Wildman–Crippen LogP) is 3.89. The smallest absolute Gasteiger partial charge is 0.233 e. The van der Waals surface area contributed by atoms with Crippen molar-refractivity contribution in [2.45, 2.75) is 39.2 Å². The van der Waals surface area contributed by atoms with Crippen LogP contribution in [0.2, 0.25) is 0 Å². The van der Waals surface area contributed by atoms with Gasteiger partial charge in [-0.25, -0.2) is 4.98 Å². The van der Waals surface area contributed by atoms with E-state index in [9.17, 15) is 4.79 Å². The number of benzene rings is 1. The molecular weight excluding hydrogens is 374 g/mol. The van der Waals surface area contributed by atoms with E-state index in [1.165, 1.54) is 24.2 Å². The van der Waals surface area contributed by atoms with Gasteiger partial charge in [-0.2, -0.15) is 0 Å². The van der Waals surface area contributed by atoms with Gasteiger partial charge in [0, 0.05) is 11.9 Å². The number of fused-ring (bicyclic) bond motifs is 1. The van der Waals surface area contributed by atoms with Crippen molar-refractivity contribution in [2.75, 3.05) is 31.6 Å². The average Bonchev–Trinajstić information content (AvgIpc) is 3.15. The van der Waals surface area contributed by atoms with Gasteiger partial charge >= 0.3 is 0 Å². The first-order chi connectivity index (χ1) is 13.6. The van der Waals surface area contributed by atoms with E-state index in [4.69, 9.17) is 9.47 Å². The second kappa shape index (κ2) is 8.49. The molecule has 150 valence electrons. The molecule has 3 heterocycles. The normalized spacial score (nSPS) is 18.6. The number of rotatable bonds is 5. The summed E-state index contributed by atoms with van der Waals surface area (Å²) in [5.41, 5.74) is 1.93. The van der Waals surface area contributed by atoms with Crippen molar-refractivity contribution in [3.63, 3.8) is 0 Å². The molecule has 6 nitrogen and oxygen atoms in total. The number of hydrogen-bond acceptors (Lipinski definition) is 6. The topological polar surface area (TPSA) is 63.7 Å². The van der Waals surface area contributed by atoms with Crippen molar-refractivity contribution < 1.29 is 14.3 Å². The number of thiazole rings is 1. The Morgan fingerprint density at radius 1 is 1.29 bits per heavy atom. The largest absolute Gasteiger partial charge is 0.486 e. The van der Waals surface area contributed by atoms with Crippen molar-refractivity contribution in [3.8, 4) is 11.5 Å². The highest BCUT2D eigenvalue weighted by Gasteiger charge is 2.21. The molecule has 0 saturated carbocycles. The number of carbonyl (C=O) groups is 1. The van der Waals surface area contributed by atoms with Gasteiger partial charge in [0.2, 0.25) is 5.91 Å². The lowest BCUT2D eigenvalue weighted by Gasteiger charge is -2.29. The van der Waals surface area contributed by atoms with Crippen LogP contribution in [0, 0.1) is 5.92 Å². The molecule has 1 atom stereocenters. The molecule has 1 unspecified atom stereocenters. The molecule has 28 heavy (non-hydrogen) atoms. The van der Waals surface area contributed by atoms with Crippen LogP contribution in [0.4, 0.5) is 5.13 Å². The second-order valence-electron chi connectivity index (χ2n) is 7.72. The summed E-state index contributed by atoms with van der Waals surface area (Å²) in [5, 5.41) is 5.67. The summed E-state index contributed by atoms with van der Waals surface area (Å²) in [6, 6.07) is 5.68. The predicted molar refractivity (Wildman–Crippen MR) is 110 cm³/mol. The molecule has 4 rings (SSSR count). The van der Waals surface area contributed by atoms with E-state index >= 15 is 0 Å². The molecule has 0 bridgehead atoms. The number of carbonyl (C=O) groups excluding carboxylic acids is 1. The highest BCUT2D eigenvalue weighted by molar-refractivity contribution is 7.13. The van der Waals surface area contributed by atoms with Crippen LogP contribution in [-0.4, -0.2) is 42.1 Å². The Morgan fingerprint density at radius 2 is 2.04 bits per heavy atom. The minimum atomic E-state index is -0.299. The molecule has 0 spiro atoms. The van der Waals surface area contributed by atoms with Crippen LogP contribution in [0.25, 0.3) is 0 Å². The van der Waals surface area contributed by atoms with E-state index in [1.54, 1.807) is 0 Å². The van der Waals surface area contributed by atoms with Gasteiger partial charge < -0.3 is 14.8 Å². The number of amides is 1. The fourth-order valence-electron chi connectivity index (χ4n) is 3.58. The van der Waals surface area contributed by atoms with Crippen LogP contribution in [0.15, 0.2) is 23.6 Å². The molecule has 1 saturated heterocycles.